The molecule has 3 heterocycles. The van der Waals surface area contributed by atoms with Crippen LogP contribution in [-0.2, 0) is 13.1 Å². The van der Waals surface area contributed by atoms with Gasteiger partial charge in [0.1, 0.15) is 24.0 Å². The van der Waals surface area contributed by atoms with E-state index < -0.39 is 16.6 Å². The minimum Gasteiger partial charge on any atom is -0.454 e. The van der Waals surface area contributed by atoms with Crippen LogP contribution in [0.2, 0.25) is 5.02 Å². The molecule has 32 heavy (non-hydrogen) atoms. The van der Waals surface area contributed by atoms with Gasteiger partial charge in [0, 0.05) is 16.8 Å². The topological polar surface area (TPSA) is 121 Å². The summed E-state index contributed by atoms with van der Waals surface area (Å²) in [5.74, 6) is -0.409. The molecule has 0 saturated heterocycles. The number of furan rings is 1. The van der Waals surface area contributed by atoms with Gasteiger partial charge in [-0.15, -0.1) is 0 Å². The standard InChI is InChI=1S/C19H13BrClFN6O4/c20-14-10-27(9-13-15(21)2-1-3-16(13)22)25-18(14)24-19(29)17-5-4-12(32-17)8-26-7-11(6-23-26)28(30)31/h1-7,10H,8-9H2,(H,24,25,29). The lowest BCUT2D eigenvalue weighted by atomic mass is 10.2. The molecular formula is C19H13BrClFN6O4. The smallest absolute Gasteiger partial charge is 0.307 e. The third-order valence-corrected chi connectivity index (χ3v) is 5.30. The first-order valence-electron chi connectivity index (χ1n) is 9.03. The number of rotatable bonds is 7. The van der Waals surface area contributed by atoms with E-state index in [-0.39, 0.29) is 40.9 Å². The Bertz CT molecular complexity index is 1300. The lowest BCUT2D eigenvalue weighted by molar-refractivity contribution is -0.385. The number of anilines is 1. The number of hydrogen-bond donors (Lipinski definition) is 1. The van der Waals surface area contributed by atoms with E-state index in [1.165, 1.54) is 33.8 Å². The highest BCUT2D eigenvalue weighted by Crippen LogP contribution is 2.25. The highest BCUT2D eigenvalue weighted by Gasteiger charge is 2.17. The fourth-order valence-corrected chi connectivity index (χ4v) is 3.49. The van der Waals surface area contributed by atoms with Gasteiger partial charge in [-0.1, -0.05) is 17.7 Å². The molecule has 1 N–H and O–H groups in total. The van der Waals surface area contributed by atoms with Gasteiger partial charge >= 0.3 is 5.69 Å². The number of nitro groups is 1. The maximum atomic E-state index is 14.0. The Morgan fingerprint density at radius 1 is 1.25 bits per heavy atom. The van der Waals surface area contributed by atoms with Crippen LogP contribution in [0.4, 0.5) is 15.9 Å². The fraction of sp³-hybridized carbons (Fsp3) is 0.105. The van der Waals surface area contributed by atoms with Gasteiger partial charge in [0.15, 0.2) is 11.6 Å². The van der Waals surface area contributed by atoms with E-state index in [1.807, 2.05) is 0 Å². The monoisotopic (exact) mass is 522 g/mol. The summed E-state index contributed by atoms with van der Waals surface area (Å²) in [6, 6.07) is 7.43. The molecule has 0 fully saturated rings. The zero-order chi connectivity index (χ0) is 22.8. The molecule has 0 aliphatic carbocycles. The Morgan fingerprint density at radius 3 is 2.78 bits per heavy atom. The van der Waals surface area contributed by atoms with Crippen molar-refractivity contribution in [2.75, 3.05) is 5.32 Å². The summed E-state index contributed by atoms with van der Waals surface area (Å²) in [6.07, 6.45) is 3.96. The van der Waals surface area contributed by atoms with E-state index >= 15 is 0 Å². The predicted molar refractivity (Wildman–Crippen MR) is 115 cm³/mol. The van der Waals surface area contributed by atoms with Crippen molar-refractivity contribution in [3.8, 4) is 0 Å². The van der Waals surface area contributed by atoms with E-state index in [0.717, 1.165) is 6.20 Å². The summed E-state index contributed by atoms with van der Waals surface area (Å²) in [6.45, 7) is 0.184. The van der Waals surface area contributed by atoms with Gasteiger partial charge in [0.25, 0.3) is 5.91 Å². The number of benzene rings is 1. The number of nitrogens with one attached hydrogen (secondary N) is 1. The number of hydrogen-bond acceptors (Lipinski definition) is 6. The maximum absolute atomic E-state index is 14.0. The lowest BCUT2D eigenvalue weighted by Gasteiger charge is -2.05. The minimum absolute atomic E-state index is 0.0141. The number of aromatic nitrogens is 4. The van der Waals surface area contributed by atoms with Crippen LogP contribution in [0.25, 0.3) is 0 Å². The molecule has 0 spiro atoms. The van der Waals surface area contributed by atoms with Crippen molar-refractivity contribution >= 4 is 44.9 Å². The van der Waals surface area contributed by atoms with Crippen LogP contribution in [0.1, 0.15) is 21.9 Å². The van der Waals surface area contributed by atoms with Crippen LogP contribution in [-0.4, -0.2) is 30.4 Å². The highest BCUT2D eigenvalue weighted by molar-refractivity contribution is 9.10. The van der Waals surface area contributed by atoms with E-state index in [4.69, 9.17) is 16.0 Å². The Labute approximate surface area is 192 Å². The molecule has 0 bridgehead atoms. The summed E-state index contributed by atoms with van der Waals surface area (Å²) in [5, 5.41) is 21.7. The second-order valence-electron chi connectivity index (χ2n) is 6.60. The van der Waals surface area contributed by atoms with Crippen molar-refractivity contribution in [1.82, 2.24) is 19.6 Å². The Hall–Kier alpha value is -3.51. The Morgan fingerprint density at radius 2 is 2.06 bits per heavy atom. The van der Waals surface area contributed by atoms with E-state index in [0.29, 0.717) is 10.2 Å². The molecule has 1 aromatic carbocycles. The van der Waals surface area contributed by atoms with Crippen molar-refractivity contribution in [2.45, 2.75) is 13.1 Å². The molecule has 10 nitrogen and oxygen atoms in total. The second kappa shape index (κ2) is 8.93. The van der Waals surface area contributed by atoms with Gasteiger partial charge in [-0.3, -0.25) is 24.3 Å². The quantitative estimate of drug-likeness (QED) is 0.281. The van der Waals surface area contributed by atoms with E-state index in [2.05, 4.69) is 31.4 Å². The second-order valence-corrected chi connectivity index (χ2v) is 7.86. The molecule has 0 saturated carbocycles. The number of amides is 1. The summed E-state index contributed by atoms with van der Waals surface area (Å²) in [4.78, 5) is 22.7. The summed E-state index contributed by atoms with van der Waals surface area (Å²) in [7, 11) is 0. The average Bonchev–Trinajstić information content (AvgIpc) is 3.46. The van der Waals surface area contributed by atoms with Gasteiger partial charge in [-0.05, 0) is 40.2 Å². The zero-order valence-corrected chi connectivity index (χ0v) is 18.4. The molecule has 0 aliphatic rings. The van der Waals surface area contributed by atoms with Gasteiger partial charge in [-0.25, -0.2) is 4.39 Å². The number of carbonyl (C=O) groups excluding carboxylic acids is 1. The fourth-order valence-electron chi connectivity index (χ4n) is 2.86. The van der Waals surface area contributed by atoms with E-state index in [9.17, 15) is 19.3 Å². The van der Waals surface area contributed by atoms with Crippen LogP contribution in [0.15, 0.2) is 57.8 Å². The zero-order valence-electron chi connectivity index (χ0n) is 16.0. The van der Waals surface area contributed by atoms with E-state index in [1.54, 1.807) is 18.3 Å². The molecule has 13 heteroatoms. The maximum Gasteiger partial charge on any atom is 0.307 e. The van der Waals surface area contributed by atoms with Crippen LogP contribution >= 0.6 is 27.5 Å². The molecule has 1 amide bonds. The largest absolute Gasteiger partial charge is 0.454 e. The minimum atomic E-state index is -0.558. The SMILES string of the molecule is O=C(Nc1nn(Cc2c(F)cccc2Cl)cc1Br)c1ccc(Cn2cc([N+](=O)[O-])cn2)o1. The molecule has 4 aromatic rings. The first-order chi connectivity index (χ1) is 15.3. The molecule has 0 aliphatic heterocycles. The first kappa shape index (κ1) is 21.7. The van der Waals surface area contributed by atoms with Gasteiger partial charge in [0.2, 0.25) is 0 Å². The van der Waals surface area contributed by atoms with Crippen molar-refractivity contribution in [2.24, 2.45) is 0 Å². The summed E-state index contributed by atoms with van der Waals surface area (Å²) < 4.78 is 22.8. The summed E-state index contributed by atoms with van der Waals surface area (Å²) in [5.41, 5.74) is 0.128. The lowest BCUT2D eigenvalue weighted by Crippen LogP contribution is -2.12. The Kier molecular flexibility index (Phi) is 6.06. The molecule has 0 unspecified atom stereocenters. The third kappa shape index (κ3) is 4.70. The molecule has 164 valence electrons. The highest BCUT2D eigenvalue weighted by atomic mass is 79.9. The molecule has 3 aromatic heterocycles. The van der Waals surface area contributed by atoms with Gasteiger partial charge in [0.05, 0.1) is 22.5 Å². The third-order valence-electron chi connectivity index (χ3n) is 4.36. The first-order valence-corrected chi connectivity index (χ1v) is 10.2. The normalized spacial score (nSPS) is 11.0. The summed E-state index contributed by atoms with van der Waals surface area (Å²) >= 11 is 9.36. The van der Waals surface area contributed by atoms with Gasteiger partial charge < -0.3 is 9.73 Å². The average molecular weight is 524 g/mol. The van der Waals surface area contributed by atoms with Gasteiger partial charge in [-0.2, -0.15) is 10.2 Å². The predicted octanol–water partition coefficient (Wildman–Crippen LogP) is 4.48. The molecule has 0 atom stereocenters. The number of nitrogens with zero attached hydrogens (tertiary/aromatic N) is 5. The van der Waals surface area contributed by atoms with Crippen molar-refractivity contribution in [1.29, 1.82) is 0 Å². The molecule has 0 radical (unpaired) electrons. The van der Waals surface area contributed by atoms with Crippen LogP contribution in [0, 0.1) is 15.9 Å². The Balaban J connectivity index is 1.43. The van der Waals surface area contributed by atoms with Crippen molar-refractivity contribution < 1.29 is 18.5 Å². The molecule has 4 rings (SSSR count). The van der Waals surface area contributed by atoms with Crippen LogP contribution < -0.4 is 5.32 Å². The van der Waals surface area contributed by atoms with Crippen molar-refractivity contribution in [3.05, 3.63) is 91.4 Å². The molecular weight excluding hydrogens is 511 g/mol. The number of halogens is 3. The van der Waals surface area contributed by atoms with Crippen LogP contribution in [0.3, 0.4) is 0 Å². The van der Waals surface area contributed by atoms with Crippen molar-refractivity contribution in [3.63, 3.8) is 0 Å². The number of carbonyl (C=O) groups is 1. The van der Waals surface area contributed by atoms with Crippen LogP contribution in [0.5, 0.6) is 0 Å².